The Hall–Kier alpha value is -5.53. The first-order valence-corrected chi connectivity index (χ1v) is 23.6. The maximum absolute atomic E-state index is 14.0. The minimum Gasteiger partial charge on any atom is -0.489 e. The number of aryl methyl sites for hydroxylation is 1. The number of hydrogen-bond acceptors (Lipinski definition) is 11. The van der Waals surface area contributed by atoms with Crippen molar-refractivity contribution in [2.45, 2.75) is 112 Å². The molecule has 0 bridgehead atoms. The maximum atomic E-state index is 14.0. The molecule has 1 saturated heterocycles. The average Bonchev–Trinajstić information content (AvgIpc) is 3.89. The molecule has 6 rings (SSSR count). The second-order valence-electron chi connectivity index (χ2n) is 19.5. The minimum atomic E-state index is -0.955. The molecule has 2 aliphatic rings. The average molecular weight is 941 g/mol. The van der Waals surface area contributed by atoms with Crippen molar-refractivity contribution in [3.05, 3.63) is 99.6 Å². The number of nitrogens with one attached hydrogen (secondary N) is 4. The van der Waals surface area contributed by atoms with Gasteiger partial charge < -0.3 is 40.7 Å². The van der Waals surface area contributed by atoms with Gasteiger partial charge in [-0.15, -0.1) is 11.3 Å². The molecule has 2 fully saturated rings. The van der Waals surface area contributed by atoms with Crippen LogP contribution in [0.25, 0.3) is 10.4 Å². The van der Waals surface area contributed by atoms with Gasteiger partial charge in [0.05, 0.1) is 32.8 Å². The fourth-order valence-corrected chi connectivity index (χ4v) is 10.3. The molecule has 1 aliphatic heterocycles. The SMILES string of the molecule is Cc1ncsc1-c1ccc(CNC(=O)[C@@H]2C[C@@H](O)CN2C(=O)[C@@H](NC(=O)COCCCCNc2ccc(C(=O)N[C@H]3C(C)(C)[C@H](Oc4ccc(C#N)c(Cl)c4)C3(C)C)cc2)C(C)(C)C)cc1. The predicted octanol–water partition coefficient (Wildman–Crippen LogP) is 7.27. The van der Waals surface area contributed by atoms with E-state index in [1.54, 1.807) is 41.7 Å². The van der Waals surface area contributed by atoms with E-state index < -0.39 is 35.4 Å². The number of aliphatic hydroxyl groups excluding tert-OH is 1. The van der Waals surface area contributed by atoms with Gasteiger partial charge in [0.15, 0.2) is 0 Å². The maximum Gasteiger partial charge on any atom is 0.251 e. The Morgan fingerprint density at radius 3 is 2.33 bits per heavy atom. The molecule has 66 heavy (non-hydrogen) atoms. The lowest BCUT2D eigenvalue weighted by atomic mass is 9.49. The van der Waals surface area contributed by atoms with Crippen LogP contribution < -0.4 is 26.0 Å². The Bertz CT molecular complexity index is 2390. The number of carbonyl (C=O) groups is 4. The van der Waals surface area contributed by atoms with Crippen LogP contribution >= 0.6 is 22.9 Å². The van der Waals surface area contributed by atoms with Crippen LogP contribution in [0.4, 0.5) is 5.69 Å². The Morgan fingerprint density at radius 1 is 1.02 bits per heavy atom. The van der Waals surface area contributed by atoms with Crippen molar-refractivity contribution in [3.63, 3.8) is 0 Å². The van der Waals surface area contributed by atoms with Gasteiger partial charge in [-0.2, -0.15) is 5.26 Å². The summed E-state index contributed by atoms with van der Waals surface area (Å²) in [6.07, 6.45) is 0.456. The van der Waals surface area contributed by atoms with Crippen LogP contribution in [0.1, 0.15) is 94.9 Å². The number of β-amino-alcohol motifs (C(OH)–C–C–N with tert-alkyl or cyclic N) is 1. The van der Waals surface area contributed by atoms with E-state index in [2.05, 4.69) is 60.0 Å². The van der Waals surface area contributed by atoms with E-state index in [0.717, 1.165) is 33.8 Å². The van der Waals surface area contributed by atoms with Crippen molar-refractivity contribution in [1.82, 2.24) is 25.8 Å². The lowest BCUT2D eigenvalue weighted by Gasteiger charge is -2.63. The van der Waals surface area contributed by atoms with Crippen molar-refractivity contribution in [2.75, 3.05) is 31.6 Å². The molecule has 3 aromatic carbocycles. The number of rotatable bonds is 18. The van der Waals surface area contributed by atoms with E-state index in [0.29, 0.717) is 41.5 Å². The van der Waals surface area contributed by atoms with Crippen LogP contribution in [0.2, 0.25) is 5.02 Å². The number of amides is 4. The summed E-state index contributed by atoms with van der Waals surface area (Å²) in [5.74, 6) is -0.855. The van der Waals surface area contributed by atoms with Gasteiger partial charge in [0.2, 0.25) is 17.7 Å². The Kier molecular flexibility index (Phi) is 15.9. The van der Waals surface area contributed by atoms with Crippen LogP contribution in [0.15, 0.2) is 72.2 Å². The molecule has 1 aliphatic carbocycles. The Balaban J connectivity index is 0.896. The Morgan fingerprint density at radius 2 is 1.71 bits per heavy atom. The monoisotopic (exact) mass is 939 g/mol. The minimum absolute atomic E-state index is 0.0131. The van der Waals surface area contributed by atoms with E-state index >= 15 is 0 Å². The van der Waals surface area contributed by atoms with E-state index in [9.17, 15) is 29.5 Å². The third-order valence-electron chi connectivity index (χ3n) is 12.6. The number of unbranched alkanes of at least 4 members (excludes halogenated alkanes) is 1. The summed E-state index contributed by atoms with van der Waals surface area (Å²) >= 11 is 7.81. The molecular formula is C50H62ClN7O7S. The number of nitrogens with zero attached hydrogens (tertiary/aromatic N) is 3. The second kappa shape index (κ2) is 21.0. The predicted molar refractivity (Wildman–Crippen MR) is 256 cm³/mol. The van der Waals surface area contributed by atoms with Crippen molar-refractivity contribution >= 4 is 52.3 Å². The van der Waals surface area contributed by atoms with Crippen molar-refractivity contribution in [1.29, 1.82) is 5.26 Å². The van der Waals surface area contributed by atoms with Crippen LogP contribution in [0.5, 0.6) is 5.75 Å². The molecular weight excluding hydrogens is 878 g/mol. The second-order valence-corrected chi connectivity index (χ2v) is 20.8. The topological polar surface area (TPSA) is 195 Å². The number of ether oxygens (including phenoxy) is 2. The number of anilines is 1. The first kappa shape index (κ1) is 49.9. The van der Waals surface area contributed by atoms with Crippen molar-refractivity contribution in [2.24, 2.45) is 16.2 Å². The van der Waals surface area contributed by atoms with Gasteiger partial charge in [-0.25, -0.2) is 4.98 Å². The highest BCUT2D eigenvalue weighted by Crippen LogP contribution is 2.55. The first-order valence-electron chi connectivity index (χ1n) is 22.3. The molecule has 2 heterocycles. The zero-order valence-electron chi connectivity index (χ0n) is 39.0. The van der Waals surface area contributed by atoms with E-state index in [1.165, 1.54) is 4.90 Å². The molecule has 0 spiro atoms. The van der Waals surface area contributed by atoms with E-state index in [4.69, 9.17) is 21.1 Å². The van der Waals surface area contributed by atoms with E-state index in [1.807, 2.05) is 69.6 Å². The molecule has 14 nitrogen and oxygen atoms in total. The van der Waals surface area contributed by atoms with Gasteiger partial charge in [-0.1, -0.05) is 84.3 Å². The third-order valence-corrected chi connectivity index (χ3v) is 13.9. The lowest BCUT2D eigenvalue weighted by molar-refractivity contribution is -0.164. The molecule has 352 valence electrons. The summed E-state index contributed by atoms with van der Waals surface area (Å²) in [6, 6.07) is 20.2. The third kappa shape index (κ3) is 11.7. The zero-order valence-corrected chi connectivity index (χ0v) is 40.6. The highest BCUT2D eigenvalue weighted by atomic mass is 35.5. The summed E-state index contributed by atoms with van der Waals surface area (Å²) in [4.78, 5) is 60.6. The van der Waals surface area contributed by atoms with Gasteiger partial charge in [-0.3, -0.25) is 19.2 Å². The molecule has 0 radical (unpaired) electrons. The summed E-state index contributed by atoms with van der Waals surface area (Å²) < 4.78 is 12.0. The number of nitriles is 1. The quantitative estimate of drug-likeness (QED) is 0.0634. The number of benzene rings is 3. The van der Waals surface area contributed by atoms with Crippen LogP contribution in [0.3, 0.4) is 0 Å². The zero-order chi connectivity index (χ0) is 48.0. The molecule has 4 aromatic rings. The van der Waals surface area contributed by atoms with Gasteiger partial charge in [0.1, 0.15) is 36.6 Å². The summed E-state index contributed by atoms with van der Waals surface area (Å²) in [5, 5.41) is 32.4. The molecule has 3 atom stereocenters. The number of aliphatic hydroxyl groups is 1. The molecule has 4 amide bonds. The molecule has 5 N–H and O–H groups in total. The van der Waals surface area contributed by atoms with Crippen molar-refractivity contribution in [3.8, 4) is 22.3 Å². The number of thiazole rings is 1. The summed E-state index contributed by atoms with van der Waals surface area (Å²) in [7, 11) is 0. The van der Waals surface area contributed by atoms with Gasteiger partial charge in [0.25, 0.3) is 5.91 Å². The van der Waals surface area contributed by atoms with Gasteiger partial charge >= 0.3 is 0 Å². The summed E-state index contributed by atoms with van der Waals surface area (Å²) in [6.45, 7) is 16.7. The van der Waals surface area contributed by atoms with Crippen molar-refractivity contribution < 1.29 is 33.8 Å². The summed E-state index contributed by atoms with van der Waals surface area (Å²) in [5.41, 5.74) is 5.04. The number of aromatic nitrogens is 1. The fourth-order valence-electron chi connectivity index (χ4n) is 9.26. The normalized spacial score (nSPS) is 20.0. The highest BCUT2D eigenvalue weighted by Gasteiger charge is 2.64. The van der Waals surface area contributed by atoms with Gasteiger partial charge in [-0.05, 0) is 72.7 Å². The number of hydrogen-bond donors (Lipinski definition) is 5. The van der Waals surface area contributed by atoms with Crippen LogP contribution in [-0.2, 0) is 25.7 Å². The molecule has 1 aromatic heterocycles. The Labute approximate surface area is 396 Å². The molecule has 16 heteroatoms. The van der Waals surface area contributed by atoms with Crippen LogP contribution in [0, 0.1) is 34.5 Å². The first-order chi connectivity index (χ1) is 31.2. The number of halogens is 1. The smallest absolute Gasteiger partial charge is 0.251 e. The standard InChI is InChI=1S/C50H62ClN7O7S/c1-30-41(66-29-55-30)32-13-11-31(12-14-32)26-54-44(62)39-23-36(59)27-58(39)45(63)42(48(2,3)4)56-40(60)28-64-22-10-9-21-53-35-18-15-33(16-19-35)43(61)57-46-49(5,6)47(50(46,7)8)65-37-20-17-34(25-52)38(51)24-37/h11-20,24,29,36,39,42,46-47,53,59H,9-10,21-23,26-28H2,1-8H3,(H,54,62)(H,56,60)(H,57,61)/t36-,39+,42-,46-,47-/m1/s1. The van der Waals surface area contributed by atoms with Crippen LogP contribution in [-0.4, -0.2) is 95.3 Å². The molecule has 1 saturated carbocycles. The van der Waals surface area contributed by atoms with Gasteiger partial charge in [0, 0.05) is 66.9 Å². The lowest BCUT2D eigenvalue weighted by Crippen LogP contribution is -2.74. The largest absolute Gasteiger partial charge is 0.489 e. The van der Waals surface area contributed by atoms with E-state index in [-0.39, 0.29) is 60.9 Å². The molecule has 0 unspecified atom stereocenters. The highest BCUT2D eigenvalue weighted by molar-refractivity contribution is 7.13. The number of carbonyl (C=O) groups excluding carboxylic acids is 4. The number of likely N-dealkylation sites (tertiary alicyclic amines) is 1. The fraction of sp³-hybridized carbons (Fsp3) is 0.480.